The van der Waals surface area contributed by atoms with E-state index in [-0.39, 0.29) is 0 Å². The zero-order valence-electron chi connectivity index (χ0n) is 6.43. The van der Waals surface area contributed by atoms with Crippen molar-refractivity contribution < 1.29 is 4.52 Å². The molecule has 6 heteroatoms. The van der Waals surface area contributed by atoms with Crippen LogP contribution in [0.25, 0.3) is 11.5 Å². The average molecular weight is 165 g/mol. The molecule has 2 rings (SSSR count). The molecule has 0 saturated heterocycles. The molecule has 0 saturated carbocycles. The molecule has 12 heavy (non-hydrogen) atoms. The van der Waals surface area contributed by atoms with Crippen molar-refractivity contribution in [1.29, 1.82) is 0 Å². The minimum Gasteiger partial charge on any atom is -0.381 e. The fourth-order valence-electron chi connectivity index (χ4n) is 0.870. The van der Waals surface area contributed by atoms with Crippen molar-refractivity contribution in [1.82, 2.24) is 20.2 Å². The van der Waals surface area contributed by atoms with Crippen LogP contribution in [0.5, 0.6) is 0 Å². The van der Waals surface area contributed by atoms with Gasteiger partial charge in [-0.2, -0.15) is 0 Å². The van der Waals surface area contributed by atoms with E-state index in [1.165, 1.54) is 0 Å². The maximum absolute atomic E-state index is 5.36. The van der Waals surface area contributed by atoms with Gasteiger partial charge in [-0.15, -0.1) is 5.10 Å². The number of aryl methyl sites for hydroxylation is 1. The maximum Gasteiger partial charge on any atom is 0.190 e. The molecule has 0 spiro atoms. The third kappa shape index (κ3) is 1.03. The van der Waals surface area contributed by atoms with Crippen LogP contribution in [0.4, 0.5) is 5.82 Å². The van der Waals surface area contributed by atoms with Gasteiger partial charge in [0.15, 0.2) is 17.3 Å². The summed E-state index contributed by atoms with van der Waals surface area (Å²) < 4.78 is 6.45. The van der Waals surface area contributed by atoms with Crippen LogP contribution >= 0.6 is 0 Å². The highest BCUT2D eigenvalue weighted by Crippen LogP contribution is 2.17. The monoisotopic (exact) mass is 165 g/mol. The average Bonchev–Trinajstić information content (AvgIpc) is 2.58. The standard InChI is InChI=1S/C6H7N5O/c1-11-3-4(8-10-11)5-2-6(7)9-12-5/h2-3H,1H3,(H2,7,9). The molecule has 0 fully saturated rings. The molecule has 0 unspecified atom stereocenters. The van der Waals surface area contributed by atoms with Crippen LogP contribution in [0.2, 0.25) is 0 Å². The van der Waals surface area contributed by atoms with E-state index in [0.717, 1.165) is 0 Å². The molecule has 0 radical (unpaired) electrons. The lowest BCUT2D eigenvalue weighted by molar-refractivity contribution is 0.434. The largest absolute Gasteiger partial charge is 0.381 e. The fourth-order valence-corrected chi connectivity index (χ4v) is 0.870. The molecule has 0 amide bonds. The SMILES string of the molecule is Cn1cc(-c2cc(N)no2)nn1. The first-order valence-electron chi connectivity index (χ1n) is 3.34. The number of hydrogen-bond donors (Lipinski definition) is 1. The van der Waals surface area contributed by atoms with Gasteiger partial charge in [-0.05, 0) is 0 Å². The van der Waals surface area contributed by atoms with E-state index >= 15 is 0 Å². The molecule has 0 aromatic carbocycles. The van der Waals surface area contributed by atoms with Gasteiger partial charge >= 0.3 is 0 Å². The summed E-state index contributed by atoms with van der Waals surface area (Å²) in [5, 5.41) is 11.1. The number of nitrogens with two attached hydrogens (primary N) is 1. The third-order valence-corrected chi connectivity index (χ3v) is 1.38. The Labute approximate surface area is 68.0 Å². The third-order valence-electron chi connectivity index (χ3n) is 1.38. The molecule has 2 N–H and O–H groups in total. The van der Waals surface area contributed by atoms with E-state index in [4.69, 9.17) is 10.3 Å². The summed E-state index contributed by atoms with van der Waals surface area (Å²) in [7, 11) is 1.77. The highest BCUT2D eigenvalue weighted by molar-refractivity contribution is 5.53. The van der Waals surface area contributed by atoms with Gasteiger partial charge in [0.2, 0.25) is 0 Å². The van der Waals surface area contributed by atoms with Gasteiger partial charge in [-0.3, -0.25) is 4.68 Å². The Hall–Kier alpha value is -1.85. The maximum atomic E-state index is 5.36. The van der Waals surface area contributed by atoms with E-state index in [9.17, 15) is 0 Å². The summed E-state index contributed by atoms with van der Waals surface area (Å²) >= 11 is 0. The summed E-state index contributed by atoms with van der Waals surface area (Å²) in [5.74, 6) is 0.872. The predicted octanol–water partition coefficient (Wildman–Crippen LogP) is 0.0523. The van der Waals surface area contributed by atoms with Crippen LogP contribution in [-0.2, 0) is 7.05 Å². The zero-order chi connectivity index (χ0) is 8.55. The van der Waals surface area contributed by atoms with Gasteiger partial charge in [0, 0.05) is 13.1 Å². The number of nitrogen functional groups attached to an aromatic ring is 1. The van der Waals surface area contributed by atoms with E-state index in [0.29, 0.717) is 17.3 Å². The molecule has 0 bridgehead atoms. The zero-order valence-corrected chi connectivity index (χ0v) is 6.43. The molecular formula is C6H7N5O. The molecule has 0 aliphatic carbocycles. The second kappa shape index (κ2) is 2.33. The van der Waals surface area contributed by atoms with Gasteiger partial charge in [0.05, 0.1) is 6.20 Å². The van der Waals surface area contributed by atoms with Crippen LogP contribution < -0.4 is 5.73 Å². The van der Waals surface area contributed by atoms with Crippen molar-refractivity contribution in [3.8, 4) is 11.5 Å². The van der Waals surface area contributed by atoms with Crippen LogP contribution in [0, 0.1) is 0 Å². The van der Waals surface area contributed by atoms with E-state index in [1.54, 1.807) is 24.0 Å². The van der Waals surface area contributed by atoms with Crippen LogP contribution in [0.1, 0.15) is 0 Å². The summed E-state index contributed by atoms with van der Waals surface area (Å²) in [6, 6.07) is 1.60. The topological polar surface area (TPSA) is 82.8 Å². The minimum atomic E-state index is 0.343. The van der Waals surface area contributed by atoms with Crippen molar-refractivity contribution in [3.63, 3.8) is 0 Å². The molecular weight excluding hydrogens is 158 g/mol. The van der Waals surface area contributed by atoms with E-state index in [1.807, 2.05) is 0 Å². The number of anilines is 1. The summed E-state index contributed by atoms with van der Waals surface area (Å²) in [5.41, 5.74) is 5.99. The lowest BCUT2D eigenvalue weighted by atomic mass is 10.3. The molecule has 0 aliphatic heterocycles. The lowest BCUT2D eigenvalue weighted by Gasteiger charge is -1.81. The van der Waals surface area contributed by atoms with Gasteiger partial charge in [-0.1, -0.05) is 10.4 Å². The molecule has 2 aromatic rings. The van der Waals surface area contributed by atoms with Crippen molar-refractivity contribution >= 4 is 5.82 Å². The lowest BCUT2D eigenvalue weighted by Crippen LogP contribution is -1.85. The van der Waals surface area contributed by atoms with E-state index in [2.05, 4.69) is 15.5 Å². The second-order valence-electron chi connectivity index (χ2n) is 2.39. The molecule has 6 nitrogen and oxygen atoms in total. The Bertz CT molecular complexity index is 352. The Kier molecular flexibility index (Phi) is 1.33. The molecule has 2 heterocycles. The van der Waals surface area contributed by atoms with E-state index < -0.39 is 0 Å². The number of aromatic nitrogens is 4. The Morgan fingerprint density at radius 2 is 2.42 bits per heavy atom. The fraction of sp³-hybridized carbons (Fsp3) is 0.167. The highest BCUT2D eigenvalue weighted by Gasteiger charge is 2.07. The first-order chi connectivity index (χ1) is 5.75. The number of rotatable bonds is 1. The molecule has 62 valence electrons. The van der Waals surface area contributed by atoms with Crippen LogP contribution in [-0.4, -0.2) is 20.2 Å². The molecule has 2 aromatic heterocycles. The van der Waals surface area contributed by atoms with Crippen LogP contribution in [0.15, 0.2) is 16.8 Å². The number of hydrogen-bond acceptors (Lipinski definition) is 5. The first-order valence-corrected chi connectivity index (χ1v) is 3.34. The summed E-state index contributed by atoms with van der Waals surface area (Å²) in [6.45, 7) is 0. The Balaban J connectivity index is 2.43. The normalized spacial score (nSPS) is 10.4. The predicted molar refractivity (Wildman–Crippen MR) is 40.9 cm³/mol. The molecule has 0 atom stereocenters. The highest BCUT2D eigenvalue weighted by atomic mass is 16.5. The van der Waals surface area contributed by atoms with Crippen molar-refractivity contribution in [3.05, 3.63) is 12.3 Å². The van der Waals surface area contributed by atoms with Crippen molar-refractivity contribution in [2.45, 2.75) is 0 Å². The Morgan fingerprint density at radius 1 is 1.58 bits per heavy atom. The van der Waals surface area contributed by atoms with Gasteiger partial charge in [0.25, 0.3) is 0 Å². The summed E-state index contributed by atoms with van der Waals surface area (Å²) in [4.78, 5) is 0. The van der Waals surface area contributed by atoms with Crippen LogP contribution in [0.3, 0.4) is 0 Å². The number of nitrogens with zero attached hydrogens (tertiary/aromatic N) is 4. The van der Waals surface area contributed by atoms with Gasteiger partial charge in [0.1, 0.15) is 0 Å². The summed E-state index contributed by atoms with van der Waals surface area (Å²) in [6.07, 6.45) is 1.72. The molecule has 0 aliphatic rings. The van der Waals surface area contributed by atoms with Crippen molar-refractivity contribution in [2.24, 2.45) is 7.05 Å². The second-order valence-corrected chi connectivity index (χ2v) is 2.39. The minimum absolute atomic E-state index is 0.343. The van der Waals surface area contributed by atoms with Crippen molar-refractivity contribution in [2.75, 3.05) is 5.73 Å². The van der Waals surface area contributed by atoms with Gasteiger partial charge in [-0.25, -0.2) is 0 Å². The first kappa shape index (κ1) is 6.84. The Morgan fingerprint density at radius 3 is 2.92 bits per heavy atom. The quantitative estimate of drug-likeness (QED) is 0.645. The van der Waals surface area contributed by atoms with Gasteiger partial charge < -0.3 is 10.3 Å². The smallest absolute Gasteiger partial charge is 0.190 e.